The molecule has 1 atom stereocenters. The SMILES string of the molecule is Cc1cc(C2(C)CCCc3nc(SCc4c(F)cc(O)cc4F)n(-c4ccc(F)cc4)c32)ccc1Cl. The first-order valence-electron chi connectivity index (χ1n) is 11.6. The second-order valence-electron chi connectivity index (χ2n) is 9.33. The molecule has 1 heterocycles. The summed E-state index contributed by atoms with van der Waals surface area (Å²) < 4.78 is 44.7. The van der Waals surface area contributed by atoms with Crippen molar-refractivity contribution in [2.75, 3.05) is 0 Å². The minimum atomic E-state index is -0.814. The number of aromatic hydroxyl groups is 1. The van der Waals surface area contributed by atoms with Gasteiger partial charge in [0, 0.05) is 39.6 Å². The molecule has 0 amide bonds. The zero-order chi connectivity index (χ0) is 25.6. The molecule has 3 nitrogen and oxygen atoms in total. The highest BCUT2D eigenvalue weighted by Gasteiger charge is 2.39. The molecule has 0 fully saturated rings. The smallest absolute Gasteiger partial charge is 0.173 e. The summed E-state index contributed by atoms with van der Waals surface area (Å²) in [5.41, 5.74) is 4.15. The number of hydrogen-bond acceptors (Lipinski definition) is 3. The van der Waals surface area contributed by atoms with E-state index < -0.39 is 22.8 Å². The van der Waals surface area contributed by atoms with Crippen LogP contribution in [0.25, 0.3) is 5.69 Å². The second-order valence-corrected chi connectivity index (χ2v) is 10.7. The number of aromatic nitrogens is 2. The number of fused-ring (bicyclic) bond motifs is 1. The number of nitrogens with zero attached hydrogens (tertiary/aromatic N) is 2. The van der Waals surface area contributed by atoms with Gasteiger partial charge >= 0.3 is 0 Å². The maximum absolute atomic E-state index is 14.4. The van der Waals surface area contributed by atoms with Gasteiger partial charge in [-0.25, -0.2) is 18.2 Å². The lowest BCUT2D eigenvalue weighted by atomic mass is 9.71. The first-order valence-corrected chi connectivity index (χ1v) is 13.0. The number of hydrogen-bond donors (Lipinski definition) is 1. The topological polar surface area (TPSA) is 38.1 Å². The number of halogens is 4. The van der Waals surface area contributed by atoms with Gasteiger partial charge in [0.15, 0.2) is 5.16 Å². The third-order valence-corrected chi connectivity index (χ3v) is 8.27. The molecule has 1 aromatic heterocycles. The van der Waals surface area contributed by atoms with Crippen LogP contribution in [0.2, 0.25) is 5.02 Å². The molecule has 0 spiro atoms. The van der Waals surface area contributed by atoms with Crippen LogP contribution in [0.15, 0.2) is 59.8 Å². The van der Waals surface area contributed by atoms with Gasteiger partial charge in [0.25, 0.3) is 0 Å². The molecule has 186 valence electrons. The fourth-order valence-corrected chi connectivity index (χ4v) is 6.14. The zero-order valence-corrected chi connectivity index (χ0v) is 21.4. The summed E-state index contributed by atoms with van der Waals surface area (Å²) in [6.45, 7) is 4.14. The van der Waals surface area contributed by atoms with Crippen molar-refractivity contribution in [1.82, 2.24) is 9.55 Å². The van der Waals surface area contributed by atoms with E-state index >= 15 is 0 Å². The summed E-state index contributed by atoms with van der Waals surface area (Å²) in [7, 11) is 0. The normalized spacial score (nSPS) is 17.3. The maximum Gasteiger partial charge on any atom is 0.173 e. The van der Waals surface area contributed by atoms with Crippen LogP contribution in [0.5, 0.6) is 5.75 Å². The Morgan fingerprint density at radius 1 is 1.06 bits per heavy atom. The van der Waals surface area contributed by atoms with E-state index in [1.807, 2.05) is 23.6 Å². The molecule has 1 aliphatic carbocycles. The average molecular weight is 529 g/mol. The van der Waals surface area contributed by atoms with Crippen molar-refractivity contribution >= 4 is 23.4 Å². The van der Waals surface area contributed by atoms with Crippen molar-refractivity contribution in [1.29, 1.82) is 0 Å². The summed E-state index contributed by atoms with van der Waals surface area (Å²) in [5, 5.41) is 10.8. The molecule has 0 radical (unpaired) electrons. The quantitative estimate of drug-likeness (QED) is 0.268. The Labute approximate surface area is 217 Å². The van der Waals surface area contributed by atoms with Gasteiger partial charge in [-0.1, -0.05) is 35.5 Å². The molecule has 36 heavy (non-hydrogen) atoms. The Morgan fingerprint density at radius 2 is 1.75 bits per heavy atom. The average Bonchev–Trinajstić information content (AvgIpc) is 3.20. The highest BCUT2D eigenvalue weighted by atomic mass is 35.5. The van der Waals surface area contributed by atoms with Crippen LogP contribution < -0.4 is 0 Å². The number of thioether (sulfide) groups is 1. The van der Waals surface area contributed by atoms with Gasteiger partial charge < -0.3 is 5.11 Å². The van der Waals surface area contributed by atoms with Gasteiger partial charge in [-0.3, -0.25) is 4.57 Å². The van der Waals surface area contributed by atoms with Crippen molar-refractivity contribution in [2.24, 2.45) is 0 Å². The molecule has 1 unspecified atom stereocenters. The first-order chi connectivity index (χ1) is 17.2. The predicted octanol–water partition coefficient (Wildman–Crippen LogP) is 7.89. The van der Waals surface area contributed by atoms with E-state index in [9.17, 15) is 18.3 Å². The Kier molecular flexibility index (Phi) is 6.55. The van der Waals surface area contributed by atoms with Gasteiger partial charge in [-0.05, 0) is 74.6 Å². The zero-order valence-electron chi connectivity index (χ0n) is 19.8. The summed E-state index contributed by atoms with van der Waals surface area (Å²) >= 11 is 7.52. The second kappa shape index (κ2) is 9.52. The molecule has 0 bridgehead atoms. The molecule has 1 aliphatic rings. The van der Waals surface area contributed by atoms with Crippen molar-refractivity contribution < 1.29 is 18.3 Å². The van der Waals surface area contributed by atoms with E-state index in [2.05, 4.69) is 13.0 Å². The standard InChI is InChI=1S/C28H24ClF3N2OS/c1-16-12-17(5-10-22(16)29)28(2)11-3-4-25-26(28)34(19-8-6-18(30)7-9-19)27(33-25)36-15-21-23(31)13-20(35)14-24(21)32/h5-10,12-14,35H,3-4,11,15H2,1-2H3. The molecule has 5 rings (SSSR count). The lowest BCUT2D eigenvalue weighted by molar-refractivity contribution is 0.442. The van der Waals surface area contributed by atoms with Crippen LogP contribution in [-0.2, 0) is 17.6 Å². The number of aryl methyl sites for hydroxylation is 2. The molecule has 0 saturated heterocycles. The van der Waals surface area contributed by atoms with Crippen LogP contribution in [0.3, 0.4) is 0 Å². The van der Waals surface area contributed by atoms with Gasteiger partial charge in [0.05, 0.1) is 11.4 Å². The Morgan fingerprint density at radius 3 is 2.42 bits per heavy atom. The highest BCUT2D eigenvalue weighted by Crippen LogP contribution is 2.46. The van der Waals surface area contributed by atoms with Crippen LogP contribution >= 0.6 is 23.4 Å². The number of benzene rings is 3. The maximum atomic E-state index is 14.4. The summed E-state index contributed by atoms with van der Waals surface area (Å²) in [4.78, 5) is 4.91. The monoisotopic (exact) mass is 528 g/mol. The highest BCUT2D eigenvalue weighted by molar-refractivity contribution is 7.98. The molecule has 4 aromatic rings. The van der Waals surface area contributed by atoms with Crippen LogP contribution in [-0.4, -0.2) is 14.7 Å². The van der Waals surface area contributed by atoms with Crippen LogP contribution in [0.4, 0.5) is 13.2 Å². The number of rotatable bonds is 5. The number of phenolic OH excluding ortho intramolecular Hbond substituents is 1. The summed E-state index contributed by atoms with van der Waals surface area (Å²) in [6, 6.07) is 14.0. The van der Waals surface area contributed by atoms with Crippen LogP contribution in [0.1, 0.15) is 47.8 Å². The van der Waals surface area contributed by atoms with E-state index in [-0.39, 0.29) is 17.1 Å². The molecule has 3 aromatic carbocycles. The minimum absolute atomic E-state index is 0.0220. The van der Waals surface area contributed by atoms with Crippen molar-refractivity contribution in [3.05, 3.63) is 105 Å². The van der Waals surface area contributed by atoms with Gasteiger partial charge in [0.1, 0.15) is 23.2 Å². The van der Waals surface area contributed by atoms with Crippen molar-refractivity contribution in [3.63, 3.8) is 0 Å². The largest absolute Gasteiger partial charge is 0.508 e. The number of imidazole rings is 1. The van der Waals surface area contributed by atoms with Gasteiger partial charge in [0.2, 0.25) is 0 Å². The Hall–Kier alpha value is -2.90. The van der Waals surface area contributed by atoms with E-state index in [0.29, 0.717) is 10.2 Å². The predicted molar refractivity (Wildman–Crippen MR) is 137 cm³/mol. The van der Waals surface area contributed by atoms with Gasteiger partial charge in [-0.2, -0.15) is 0 Å². The number of phenols is 1. The van der Waals surface area contributed by atoms with Gasteiger partial charge in [-0.15, -0.1) is 0 Å². The fourth-order valence-electron chi connectivity index (χ4n) is 4.97. The summed E-state index contributed by atoms with van der Waals surface area (Å²) in [5.74, 6) is -2.47. The van der Waals surface area contributed by atoms with E-state index in [1.54, 1.807) is 12.1 Å². The molecular formula is C28H24ClF3N2OS. The Bertz CT molecular complexity index is 1430. The molecule has 0 aliphatic heterocycles. The molecular weight excluding hydrogens is 505 g/mol. The lowest BCUT2D eigenvalue weighted by Gasteiger charge is -2.36. The molecule has 0 saturated carbocycles. The van der Waals surface area contributed by atoms with E-state index in [1.165, 1.54) is 23.9 Å². The first kappa shape index (κ1) is 24.8. The van der Waals surface area contributed by atoms with Crippen LogP contribution in [0, 0.1) is 24.4 Å². The third kappa shape index (κ3) is 4.39. The molecule has 1 N–H and O–H groups in total. The van der Waals surface area contributed by atoms with Crippen molar-refractivity contribution in [3.8, 4) is 11.4 Å². The Balaban J connectivity index is 1.66. The lowest BCUT2D eigenvalue weighted by Crippen LogP contribution is -2.31. The summed E-state index contributed by atoms with van der Waals surface area (Å²) in [6.07, 6.45) is 2.57. The fraction of sp³-hybridized carbons (Fsp3) is 0.250. The third-order valence-electron chi connectivity index (χ3n) is 6.88. The van der Waals surface area contributed by atoms with E-state index in [0.717, 1.165) is 59.6 Å². The van der Waals surface area contributed by atoms with Crippen molar-refractivity contribution in [2.45, 2.75) is 49.4 Å². The van der Waals surface area contributed by atoms with E-state index in [4.69, 9.17) is 16.6 Å². The molecule has 8 heteroatoms. The minimum Gasteiger partial charge on any atom is -0.508 e.